The molecule has 0 fully saturated rings. The number of anilines is 1. The number of aromatic nitrogens is 8. The van der Waals surface area contributed by atoms with Gasteiger partial charge in [0.2, 0.25) is 5.88 Å². The third-order valence-corrected chi connectivity index (χ3v) is 13.3. The smallest absolute Gasteiger partial charge is 0.329 e. The van der Waals surface area contributed by atoms with Crippen molar-refractivity contribution >= 4 is 29.4 Å². The average molecular weight is 1140 g/mol. The highest BCUT2D eigenvalue weighted by molar-refractivity contribution is 6.13. The zero-order chi connectivity index (χ0) is 59.2. The summed E-state index contributed by atoms with van der Waals surface area (Å²) in [6.45, 7) is 15.5. The number of aryl methyl sites for hydroxylation is 1. The number of unbranched alkanes of at least 4 members (excludes halogenated alkanes) is 2. The van der Waals surface area contributed by atoms with Gasteiger partial charge in [-0.25, -0.2) is 29.7 Å². The van der Waals surface area contributed by atoms with Gasteiger partial charge in [0.15, 0.2) is 12.4 Å². The molecule has 1 atom stereocenters. The van der Waals surface area contributed by atoms with Crippen molar-refractivity contribution in [2.75, 3.05) is 70.9 Å². The summed E-state index contributed by atoms with van der Waals surface area (Å²) in [5.41, 5.74) is 1.49. The number of nitrogens with one attached hydrogen (secondary N) is 2. The van der Waals surface area contributed by atoms with Crippen molar-refractivity contribution in [3.8, 4) is 40.7 Å². The summed E-state index contributed by atoms with van der Waals surface area (Å²) in [7, 11) is 0. The summed E-state index contributed by atoms with van der Waals surface area (Å²) in [5, 5.41) is 33.1. The Morgan fingerprint density at radius 2 is 1.52 bits per heavy atom. The van der Waals surface area contributed by atoms with Crippen LogP contribution in [0.2, 0.25) is 0 Å². The van der Waals surface area contributed by atoms with Crippen LogP contribution in [0.4, 0.5) is 5.82 Å². The molecule has 0 spiro atoms. The number of rotatable bonds is 34. The molecule has 0 radical (unpaired) electrons. The summed E-state index contributed by atoms with van der Waals surface area (Å²) >= 11 is 0. The van der Waals surface area contributed by atoms with Gasteiger partial charge in [-0.15, -0.1) is 5.10 Å². The molecular weight excluding hydrogens is 1070 g/mol. The second-order valence-electron chi connectivity index (χ2n) is 21.4. The van der Waals surface area contributed by atoms with E-state index in [0.717, 1.165) is 25.0 Å². The van der Waals surface area contributed by atoms with E-state index < -0.39 is 23.0 Å². The summed E-state index contributed by atoms with van der Waals surface area (Å²) in [5.74, 6) is -0.560. The third kappa shape index (κ3) is 18.8. The van der Waals surface area contributed by atoms with E-state index in [2.05, 4.69) is 47.0 Å². The van der Waals surface area contributed by atoms with Crippen LogP contribution in [-0.4, -0.2) is 146 Å². The fraction of sp³-hybridized carbons (Fsp3) is 0.458. The number of fused-ring (bicyclic) bond motifs is 1. The van der Waals surface area contributed by atoms with Gasteiger partial charge in [-0.3, -0.25) is 19.1 Å². The van der Waals surface area contributed by atoms with Crippen LogP contribution in [0, 0.1) is 16.7 Å². The standard InChI is InChI=1S/C59H72N12O12/c1-57(2,3)19-20-59(6,55(75)76)67-50(72)40-82-45-13-10-14-46(32-45)83-51-18-15-41(34-63-51)54(74)62-22-25-77-26-27-78-28-29-79-30-31-80-39-44-38-70(69-68-44)23-8-7-9-24-81-56-64-35-43(36-65-56)48-17-16-47-52(73)58(4,5)71(53(47)66-48)37-42-12-11-21-61-49(42)33-60/h10-18,21,32,34-36,38H,7-9,19-20,22-31,37,39-40H2,1-6H3,(H,62,74)(H,67,72)(H,75,76)/t59-/m0/s1. The molecule has 6 heterocycles. The maximum Gasteiger partial charge on any atom is 0.329 e. The minimum absolute atomic E-state index is 0.0452. The van der Waals surface area contributed by atoms with Crippen molar-refractivity contribution in [3.63, 3.8) is 0 Å². The maximum absolute atomic E-state index is 13.4. The normalized spacial score (nSPS) is 13.4. The lowest BCUT2D eigenvalue weighted by molar-refractivity contribution is -0.147. The third-order valence-electron chi connectivity index (χ3n) is 13.3. The minimum Gasteiger partial charge on any atom is -0.484 e. The lowest BCUT2D eigenvalue weighted by atomic mass is 9.84. The van der Waals surface area contributed by atoms with E-state index in [1.165, 1.54) is 13.1 Å². The van der Waals surface area contributed by atoms with Crippen LogP contribution in [0.1, 0.15) is 111 Å². The summed E-state index contributed by atoms with van der Waals surface area (Å²) < 4.78 is 41.5. The van der Waals surface area contributed by atoms with Crippen LogP contribution in [0.25, 0.3) is 11.3 Å². The van der Waals surface area contributed by atoms with Crippen LogP contribution in [-0.2, 0) is 48.2 Å². The van der Waals surface area contributed by atoms with Gasteiger partial charge in [-0.2, -0.15) is 5.26 Å². The zero-order valence-electron chi connectivity index (χ0n) is 47.8. The second-order valence-corrected chi connectivity index (χ2v) is 21.4. The lowest BCUT2D eigenvalue weighted by Gasteiger charge is -2.32. The number of hydrogen-bond acceptors (Lipinski definition) is 20. The van der Waals surface area contributed by atoms with Crippen LogP contribution in [0.3, 0.4) is 0 Å². The molecule has 0 saturated heterocycles. The van der Waals surface area contributed by atoms with Gasteiger partial charge in [-0.05, 0) is 94.7 Å². The van der Waals surface area contributed by atoms with E-state index in [1.807, 2.05) is 51.8 Å². The molecule has 0 aliphatic carbocycles. The largest absolute Gasteiger partial charge is 0.484 e. The van der Waals surface area contributed by atoms with Crippen LogP contribution >= 0.6 is 0 Å². The fourth-order valence-electron chi connectivity index (χ4n) is 8.41. The van der Waals surface area contributed by atoms with Crippen LogP contribution in [0.15, 0.2) is 91.6 Å². The Balaban J connectivity index is 0.665. The monoisotopic (exact) mass is 1140 g/mol. The number of ketones is 1. The van der Waals surface area contributed by atoms with E-state index in [1.54, 1.807) is 77.9 Å². The van der Waals surface area contributed by atoms with E-state index in [9.17, 15) is 29.5 Å². The highest BCUT2D eigenvalue weighted by Crippen LogP contribution is 2.40. The van der Waals surface area contributed by atoms with Gasteiger partial charge in [0, 0.05) is 67.7 Å². The first kappa shape index (κ1) is 62.1. The van der Waals surface area contributed by atoms with Crippen molar-refractivity contribution in [2.45, 2.75) is 104 Å². The number of benzene rings is 1. The molecule has 0 bridgehead atoms. The van der Waals surface area contributed by atoms with Crippen molar-refractivity contribution in [1.82, 2.24) is 50.5 Å². The van der Waals surface area contributed by atoms with Crippen molar-refractivity contribution < 1.29 is 57.4 Å². The topological polar surface area (TPSA) is 299 Å². The molecule has 0 unspecified atom stereocenters. The number of ether oxygens (including phenoxy) is 7. The lowest BCUT2D eigenvalue weighted by Crippen LogP contribution is -2.53. The number of carboxylic acids is 1. The number of amides is 2. The predicted molar refractivity (Wildman–Crippen MR) is 302 cm³/mol. The number of nitrogens with zero attached hydrogens (tertiary/aromatic N) is 10. The van der Waals surface area contributed by atoms with Crippen LogP contribution < -0.4 is 29.7 Å². The molecule has 6 aromatic rings. The Bertz CT molecular complexity index is 3150. The number of hydrogen-bond donors (Lipinski definition) is 3. The Morgan fingerprint density at radius 3 is 2.23 bits per heavy atom. The number of pyridine rings is 3. The molecule has 1 aliphatic heterocycles. The Kier molecular flexibility index (Phi) is 22.4. The number of carbonyl (C=O) groups excluding carboxylic acids is 3. The van der Waals surface area contributed by atoms with Gasteiger partial charge in [-0.1, -0.05) is 38.1 Å². The number of nitriles is 1. The number of carboxylic acid groups (broad SMARTS) is 1. The number of Topliss-reactive ketones (excluding diaryl/α,β-unsaturated/α-hetero) is 1. The average Bonchev–Trinajstić information content (AvgIpc) is 2.43. The number of carbonyl (C=O) groups is 4. The molecule has 24 nitrogen and oxygen atoms in total. The van der Waals surface area contributed by atoms with Crippen molar-refractivity contribution in [1.29, 1.82) is 5.26 Å². The predicted octanol–water partition coefficient (Wildman–Crippen LogP) is 6.98. The van der Waals surface area contributed by atoms with Gasteiger partial charge in [0.1, 0.15) is 40.3 Å². The molecule has 3 N–H and O–H groups in total. The van der Waals surface area contributed by atoms with E-state index in [4.69, 9.17) is 38.1 Å². The van der Waals surface area contributed by atoms with Gasteiger partial charge < -0.3 is 53.8 Å². The first-order valence-electron chi connectivity index (χ1n) is 27.4. The highest BCUT2D eigenvalue weighted by Gasteiger charge is 2.45. The highest BCUT2D eigenvalue weighted by atomic mass is 16.6. The molecule has 1 aromatic carbocycles. The maximum atomic E-state index is 13.4. The molecule has 83 heavy (non-hydrogen) atoms. The van der Waals surface area contributed by atoms with E-state index in [-0.39, 0.29) is 55.2 Å². The van der Waals surface area contributed by atoms with Gasteiger partial charge >= 0.3 is 12.0 Å². The Hall–Kier alpha value is -8.50. The van der Waals surface area contributed by atoms with Gasteiger partial charge in [0.25, 0.3) is 11.8 Å². The first-order chi connectivity index (χ1) is 39.9. The van der Waals surface area contributed by atoms with Crippen molar-refractivity contribution in [2.24, 2.45) is 5.41 Å². The van der Waals surface area contributed by atoms with E-state index >= 15 is 0 Å². The Morgan fingerprint density at radius 1 is 0.783 bits per heavy atom. The number of aliphatic carboxylic acids is 1. The van der Waals surface area contributed by atoms with E-state index in [0.29, 0.717) is 123 Å². The molecular formula is C59H72N12O12. The SMILES string of the molecule is CC(C)(C)CC[C@](C)(NC(=O)COc1cccc(Oc2ccc(C(=O)NCCOCCOCCOCCOCc3cn(CCCCCOc4ncc(-c5ccc6c(n5)N(Cc5cccnc5C#N)C(C)(C)C6=O)cn4)nn3)cn2)c1)C(=O)O. The minimum atomic E-state index is -1.43. The molecule has 24 heteroatoms. The summed E-state index contributed by atoms with van der Waals surface area (Å²) in [6, 6.07) is 19.3. The molecule has 1 aliphatic rings. The molecule has 5 aromatic heterocycles. The molecule has 0 saturated carbocycles. The molecule has 440 valence electrons. The zero-order valence-corrected chi connectivity index (χ0v) is 47.8. The quantitative estimate of drug-likeness (QED) is 0.0343. The van der Waals surface area contributed by atoms with Crippen LogP contribution in [0.5, 0.6) is 23.4 Å². The van der Waals surface area contributed by atoms with Crippen molar-refractivity contribution in [3.05, 3.63) is 120 Å². The second kappa shape index (κ2) is 30.0. The Labute approximate surface area is 482 Å². The first-order valence-corrected chi connectivity index (χ1v) is 27.4. The molecule has 7 rings (SSSR count). The molecule has 2 amide bonds. The van der Waals surface area contributed by atoms with Gasteiger partial charge in [0.05, 0.1) is 88.0 Å². The summed E-state index contributed by atoms with van der Waals surface area (Å²) in [4.78, 5) is 74.6. The fourth-order valence-corrected chi connectivity index (χ4v) is 8.41. The summed E-state index contributed by atoms with van der Waals surface area (Å²) in [6.07, 6.45) is 11.6.